The van der Waals surface area contributed by atoms with Crippen molar-refractivity contribution >= 4 is 44.1 Å². The lowest BCUT2D eigenvalue weighted by atomic mass is 9.94. The van der Waals surface area contributed by atoms with Crippen LogP contribution in [-0.2, 0) is 9.59 Å². The maximum absolute atomic E-state index is 13.6. The maximum atomic E-state index is 13.6. The molecule has 200 valence electrons. The van der Waals surface area contributed by atoms with Gasteiger partial charge in [-0.2, -0.15) is 0 Å². The minimum absolute atomic E-state index is 0.0194. The van der Waals surface area contributed by atoms with Gasteiger partial charge in [0.2, 0.25) is 0 Å². The number of hydrogen-bond acceptors (Lipinski definition) is 8. The summed E-state index contributed by atoms with van der Waals surface area (Å²) in [7, 11) is 3.14. The number of aliphatic hydroxyl groups excluding tert-OH is 1. The molecule has 1 aromatic heterocycles. The fraction of sp³-hybridized carbons (Fsp3) is 0.233. The highest BCUT2D eigenvalue weighted by molar-refractivity contribution is 7.22. The van der Waals surface area contributed by atoms with E-state index in [4.69, 9.17) is 14.2 Å². The quantitative estimate of drug-likeness (QED) is 0.164. The molecule has 0 aliphatic carbocycles. The van der Waals surface area contributed by atoms with Crippen molar-refractivity contribution in [3.05, 3.63) is 82.9 Å². The standard InChI is InChI=1S/C30H28N2O6S/c1-5-13-38-21-8-6-7-18(15-21)26-25(27(33)19-9-12-23(37-4)17(2)14-19)28(34)29(35)32(26)30-31-22-11-10-20(36-3)16-24(22)39-30/h6-12,14-16,26,33H,5,13H2,1-4H3/b27-25+. The van der Waals surface area contributed by atoms with Crippen LogP contribution in [-0.4, -0.2) is 42.6 Å². The highest BCUT2D eigenvalue weighted by Gasteiger charge is 2.48. The first kappa shape index (κ1) is 26.2. The summed E-state index contributed by atoms with van der Waals surface area (Å²) in [6.07, 6.45) is 0.828. The fourth-order valence-electron chi connectivity index (χ4n) is 4.64. The van der Waals surface area contributed by atoms with E-state index < -0.39 is 17.7 Å². The smallest absolute Gasteiger partial charge is 0.301 e. The van der Waals surface area contributed by atoms with Crippen molar-refractivity contribution < 1.29 is 28.9 Å². The van der Waals surface area contributed by atoms with Crippen molar-refractivity contribution in [2.75, 3.05) is 25.7 Å². The number of aryl methyl sites for hydroxylation is 1. The van der Waals surface area contributed by atoms with E-state index >= 15 is 0 Å². The number of nitrogens with zero attached hydrogens (tertiary/aromatic N) is 2. The zero-order valence-electron chi connectivity index (χ0n) is 22.1. The van der Waals surface area contributed by atoms with Gasteiger partial charge in [-0.25, -0.2) is 4.98 Å². The first-order valence-corrected chi connectivity index (χ1v) is 13.3. The SMILES string of the molecule is CCCOc1cccc(C2/C(=C(\O)c3ccc(OC)c(C)c3)C(=O)C(=O)N2c2nc3ccc(OC)cc3s2)c1. The molecule has 1 saturated heterocycles. The van der Waals surface area contributed by atoms with Crippen molar-refractivity contribution in [3.8, 4) is 17.2 Å². The average Bonchev–Trinajstić information content (AvgIpc) is 3.48. The zero-order chi connectivity index (χ0) is 27.7. The molecule has 2 heterocycles. The Bertz CT molecular complexity index is 1610. The van der Waals surface area contributed by atoms with Crippen LogP contribution in [0.15, 0.2) is 66.2 Å². The maximum Gasteiger partial charge on any atom is 0.301 e. The molecule has 0 radical (unpaired) electrons. The van der Waals surface area contributed by atoms with Crippen LogP contribution in [0.25, 0.3) is 16.0 Å². The lowest BCUT2D eigenvalue weighted by Gasteiger charge is -2.23. The molecule has 1 aliphatic heterocycles. The monoisotopic (exact) mass is 544 g/mol. The van der Waals surface area contributed by atoms with Gasteiger partial charge in [0.15, 0.2) is 5.13 Å². The molecule has 8 nitrogen and oxygen atoms in total. The summed E-state index contributed by atoms with van der Waals surface area (Å²) in [4.78, 5) is 33.2. The lowest BCUT2D eigenvalue weighted by molar-refractivity contribution is -0.132. The number of ketones is 1. The Labute approximate surface area is 230 Å². The molecule has 0 bridgehead atoms. The van der Waals surface area contributed by atoms with Crippen LogP contribution in [0, 0.1) is 6.92 Å². The summed E-state index contributed by atoms with van der Waals surface area (Å²) in [5, 5.41) is 11.8. The molecular formula is C30H28N2O6S. The average molecular weight is 545 g/mol. The molecule has 1 amide bonds. The molecule has 1 fully saturated rings. The summed E-state index contributed by atoms with van der Waals surface area (Å²) in [6.45, 7) is 4.38. The Morgan fingerprint density at radius 2 is 1.85 bits per heavy atom. The molecular weight excluding hydrogens is 516 g/mol. The van der Waals surface area contributed by atoms with Crippen LogP contribution in [0.3, 0.4) is 0 Å². The van der Waals surface area contributed by atoms with E-state index in [0.717, 1.165) is 16.7 Å². The number of anilines is 1. The van der Waals surface area contributed by atoms with Gasteiger partial charge in [0.05, 0.1) is 42.7 Å². The predicted molar refractivity (Wildman–Crippen MR) is 151 cm³/mol. The third kappa shape index (κ3) is 4.81. The van der Waals surface area contributed by atoms with Crippen molar-refractivity contribution in [1.29, 1.82) is 0 Å². The Morgan fingerprint density at radius 3 is 2.56 bits per heavy atom. The van der Waals surface area contributed by atoms with Gasteiger partial charge >= 0.3 is 5.91 Å². The van der Waals surface area contributed by atoms with Crippen LogP contribution in [0.1, 0.15) is 36.1 Å². The van der Waals surface area contributed by atoms with E-state index in [1.165, 1.54) is 16.2 Å². The molecule has 3 aromatic carbocycles. The number of methoxy groups -OCH3 is 2. The minimum Gasteiger partial charge on any atom is -0.507 e. The largest absolute Gasteiger partial charge is 0.507 e. The van der Waals surface area contributed by atoms with Crippen LogP contribution in [0.2, 0.25) is 0 Å². The van der Waals surface area contributed by atoms with E-state index in [9.17, 15) is 14.7 Å². The number of amides is 1. The van der Waals surface area contributed by atoms with E-state index in [1.807, 2.05) is 32.0 Å². The first-order valence-electron chi connectivity index (χ1n) is 12.5. The van der Waals surface area contributed by atoms with E-state index in [2.05, 4.69) is 4.98 Å². The summed E-state index contributed by atoms with van der Waals surface area (Å²) in [6, 6.07) is 16.9. The van der Waals surface area contributed by atoms with Crippen LogP contribution < -0.4 is 19.1 Å². The molecule has 9 heteroatoms. The van der Waals surface area contributed by atoms with Gasteiger partial charge in [-0.05, 0) is 73.0 Å². The molecule has 1 N–H and O–H groups in total. The summed E-state index contributed by atoms with van der Waals surface area (Å²) >= 11 is 1.27. The van der Waals surface area contributed by atoms with Crippen LogP contribution >= 0.6 is 11.3 Å². The van der Waals surface area contributed by atoms with Crippen molar-refractivity contribution in [2.24, 2.45) is 0 Å². The second-order valence-corrected chi connectivity index (χ2v) is 10.1. The second-order valence-electron chi connectivity index (χ2n) is 9.10. The number of Topliss-reactive ketones (excluding diaryl/α,β-unsaturated/α-hetero) is 1. The minimum atomic E-state index is -0.917. The second kappa shape index (κ2) is 10.8. The molecule has 1 aliphatic rings. The summed E-state index contributed by atoms with van der Waals surface area (Å²) in [5.74, 6) is 0.0880. The van der Waals surface area contributed by atoms with Gasteiger partial charge < -0.3 is 19.3 Å². The first-order chi connectivity index (χ1) is 18.9. The predicted octanol–water partition coefficient (Wildman–Crippen LogP) is 6.04. The zero-order valence-corrected chi connectivity index (χ0v) is 22.9. The van der Waals surface area contributed by atoms with Crippen LogP contribution in [0.5, 0.6) is 17.2 Å². The Balaban J connectivity index is 1.70. The van der Waals surface area contributed by atoms with E-state index in [-0.39, 0.29) is 11.3 Å². The number of carbonyl (C=O) groups is 2. The van der Waals surface area contributed by atoms with Gasteiger partial charge in [-0.15, -0.1) is 0 Å². The van der Waals surface area contributed by atoms with Crippen molar-refractivity contribution in [3.63, 3.8) is 0 Å². The normalized spacial score (nSPS) is 16.6. The number of aromatic nitrogens is 1. The number of benzene rings is 3. The number of rotatable bonds is 8. The third-order valence-electron chi connectivity index (χ3n) is 6.55. The molecule has 1 atom stereocenters. The number of thiazole rings is 1. The fourth-order valence-corrected chi connectivity index (χ4v) is 5.66. The molecule has 1 unspecified atom stereocenters. The highest BCUT2D eigenvalue weighted by atomic mass is 32.1. The number of carbonyl (C=O) groups excluding carboxylic acids is 2. The van der Waals surface area contributed by atoms with Gasteiger partial charge in [-0.1, -0.05) is 30.4 Å². The molecule has 0 spiro atoms. The third-order valence-corrected chi connectivity index (χ3v) is 7.57. The molecule has 4 aromatic rings. The Hall–Kier alpha value is -4.37. The number of hydrogen-bond donors (Lipinski definition) is 1. The number of fused-ring (bicyclic) bond motifs is 1. The summed E-state index contributed by atoms with van der Waals surface area (Å²) in [5.41, 5.74) is 2.45. The Morgan fingerprint density at radius 1 is 1.03 bits per heavy atom. The van der Waals surface area contributed by atoms with Gasteiger partial charge in [0.25, 0.3) is 5.78 Å². The topological polar surface area (TPSA) is 98.2 Å². The molecule has 39 heavy (non-hydrogen) atoms. The van der Waals surface area contributed by atoms with Gasteiger partial charge in [-0.3, -0.25) is 14.5 Å². The van der Waals surface area contributed by atoms with Crippen molar-refractivity contribution in [2.45, 2.75) is 26.3 Å². The van der Waals surface area contributed by atoms with E-state index in [1.54, 1.807) is 56.7 Å². The van der Waals surface area contributed by atoms with Crippen LogP contribution in [0.4, 0.5) is 5.13 Å². The number of ether oxygens (including phenoxy) is 3. The highest BCUT2D eigenvalue weighted by Crippen LogP contribution is 2.45. The van der Waals surface area contributed by atoms with Crippen molar-refractivity contribution in [1.82, 2.24) is 4.98 Å². The Kier molecular flexibility index (Phi) is 7.26. The van der Waals surface area contributed by atoms with Gasteiger partial charge in [0, 0.05) is 5.56 Å². The molecule has 0 saturated carbocycles. The van der Waals surface area contributed by atoms with Gasteiger partial charge in [0.1, 0.15) is 23.0 Å². The molecule has 5 rings (SSSR count). The van der Waals surface area contributed by atoms with E-state index in [0.29, 0.717) is 45.6 Å². The lowest BCUT2D eigenvalue weighted by Crippen LogP contribution is -2.29. The number of aliphatic hydroxyl groups is 1. The summed E-state index contributed by atoms with van der Waals surface area (Å²) < 4.78 is 17.3.